The van der Waals surface area contributed by atoms with Gasteiger partial charge in [0, 0.05) is 10.8 Å². The van der Waals surface area contributed by atoms with Crippen molar-refractivity contribution in [2.24, 2.45) is 0 Å². The van der Waals surface area contributed by atoms with E-state index in [0.29, 0.717) is 0 Å². The number of furan rings is 1. The van der Waals surface area contributed by atoms with E-state index in [1.165, 1.54) is 11.3 Å². The number of rotatable bonds is 4. The number of para-hydroxylation sites is 3. The minimum absolute atomic E-state index is 0.774. The number of methoxy groups -OCH3 is 1. The van der Waals surface area contributed by atoms with Crippen molar-refractivity contribution in [3.8, 4) is 17.2 Å². The molecular weight excluding hydrogens is 308 g/mol. The highest BCUT2D eigenvalue weighted by molar-refractivity contribution is 7.14. The lowest BCUT2D eigenvalue weighted by molar-refractivity contribution is 0.417. The number of aromatic nitrogens is 1. The molecule has 114 valence electrons. The largest absolute Gasteiger partial charge is 0.495 e. The molecule has 5 heteroatoms. The molecule has 4 rings (SSSR count). The summed E-state index contributed by atoms with van der Waals surface area (Å²) >= 11 is 1.53. The van der Waals surface area contributed by atoms with Gasteiger partial charge < -0.3 is 14.5 Å². The van der Waals surface area contributed by atoms with Crippen LogP contribution in [0.4, 0.5) is 10.8 Å². The van der Waals surface area contributed by atoms with Gasteiger partial charge in [0.2, 0.25) is 0 Å². The van der Waals surface area contributed by atoms with E-state index in [9.17, 15) is 0 Å². The molecule has 4 aromatic rings. The van der Waals surface area contributed by atoms with E-state index in [2.05, 4.69) is 10.3 Å². The van der Waals surface area contributed by atoms with Crippen molar-refractivity contribution in [1.29, 1.82) is 0 Å². The first kappa shape index (κ1) is 13.8. The second kappa shape index (κ2) is 5.78. The van der Waals surface area contributed by atoms with Crippen LogP contribution < -0.4 is 10.1 Å². The molecule has 0 fully saturated rings. The molecule has 0 radical (unpaired) electrons. The average molecular weight is 322 g/mol. The first-order valence-electron chi connectivity index (χ1n) is 7.18. The molecule has 0 aliphatic heterocycles. The molecule has 0 bridgehead atoms. The lowest BCUT2D eigenvalue weighted by Gasteiger charge is -2.07. The number of ether oxygens (including phenoxy) is 1. The normalized spacial score (nSPS) is 10.8. The van der Waals surface area contributed by atoms with Crippen molar-refractivity contribution in [2.75, 3.05) is 12.4 Å². The molecule has 0 aliphatic rings. The van der Waals surface area contributed by atoms with Crippen molar-refractivity contribution in [3.05, 3.63) is 60.0 Å². The molecule has 2 aromatic carbocycles. The number of hydrogen-bond donors (Lipinski definition) is 1. The monoisotopic (exact) mass is 322 g/mol. The Labute approximate surface area is 137 Å². The third-order valence-corrected chi connectivity index (χ3v) is 4.29. The third kappa shape index (κ3) is 2.66. The minimum Gasteiger partial charge on any atom is -0.495 e. The third-order valence-electron chi connectivity index (χ3n) is 3.53. The van der Waals surface area contributed by atoms with Crippen molar-refractivity contribution >= 4 is 33.1 Å². The van der Waals surface area contributed by atoms with E-state index in [0.717, 1.165) is 39.0 Å². The zero-order chi connectivity index (χ0) is 15.6. The predicted molar refractivity (Wildman–Crippen MR) is 93.6 cm³/mol. The number of benzene rings is 2. The first-order chi connectivity index (χ1) is 11.3. The fourth-order valence-electron chi connectivity index (χ4n) is 2.42. The molecule has 0 unspecified atom stereocenters. The minimum atomic E-state index is 0.774. The van der Waals surface area contributed by atoms with Crippen LogP contribution in [0, 0.1) is 0 Å². The van der Waals surface area contributed by atoms with Crippen molar-refractivity contribution < 1.29 is 9.15 Å². The van der Waals surface area contributed by atoms with Crippen LogP contribution in [0.1, 0.15) is 0 Å². The smallest absolute Gasteiger partial charge is 0.187 e. The molecule has 1 N–H and O–H groups in total. The molecule has 4 nitrogen and oxygen atoms in total. The van der Waals surface area contributed by atoms with Crippen LogP contribution in [-0.4, -0.2) is 12.1 Å². The Bertz CT molecular complexity index is 925. The summed E-state index contributed by atoms with van der Waals surface area (Å²) in [5, 5.41) is 7.14. The van der Waals surface area contributed by atoms with E-state index in [4.69, 9.17) is 9.15 Å². The van der Waals surface area contributed by atoms with Crippen LogP contribution in [0.15, 0.2) is 64.4 Å². The predicted octanol–water partition coefficient (Wildman–Crippen LogP) is 5.31. The number of fused-ring (bicyclic) bond motifs is 1. The maximum Gasteiger partial charge on any atom is 0.187 e. The van der Waals surface area contributed by atoms with Crippen LogP contribution in [0.5, 0.6) is 5.75 Å². The van der Waals surface area contributed by atoms with Crippen LogP contribution in [0.25, 0.3) is 22.4 Å². The topological polar surface area (TPSA) is 47.3 Å². The molecule has 0 atom stereocenters. The zero-order valence-electron chi connectivity index (χ0n) is 12.4. The highest BCUT2D eigenvalue weighted by Crippen LogP contribution is 2.33. The van der Waals surface area contributed by atoms with Crippen molar-refractivity contribution in [3.63, 3.8) is 0 Å². The number of hydrogen-bond acceptors (Lipinski definition) is 5. The second-order valence-corrected chi connectivity index (χ2v) is 5.87. The summed E-state index contributed by atoms with van der Waals surface area (Å²) in [5.41, 5.74) is 2.58. The Morgan fingerprint density at radius 3 is 2.78 bits per heavy atom. The van der Waals surface area contributed by atoms with Crippen molar-refractivity contribution in [2.45, 2.75) is 0 Å². The Balaban J connectivity index is 1.63. The summed E-state index contributed by atoms with van der Waals surface area (Å²) in [7, 11) is 1.65. The Morgan fingerprint density at radius 2 is 1.91 bits per heavy atom. The number of anilines is 2. The molecule has 0 amide bonds. The van der Waals surface area contributed by atoms with Crippen molar-refractivity contribution in [1.82, 2.24) is 4.98 Å². The van der Waals surface area contributed by atoms with Gasteiger partial charge in [-0.1, -0.05) is 30.3 Å². The molecule has 0 aliphatic carbocycles. The maximum absolute atomic E-state index is 5.85. The Hall–Kier alpha value is -2.79. The van der Waals surface area contributed by atoms with Crippen LogP contribution in [0.2, 0.25) is 0 Å². The van der Waals surface area contributed by atoms with E-state index < -0.39 is 0 Å². The van der Waals surface area contributed by atoms with E-state index in [-0.39, 0.29) is 0 Å². The summed E-state index contributed by atoms with van der Waals surface area (Å²) in [5.74, 6) is 1.56. The molecule has 0 spiro atoms. The quantitative estimate of drug-likeness (QED) is 0.553. The number of nitrogens with one attached hydrogen (secondary N) is 1. The van der Waals surface area contributed by atoms with Crippen LogP contribution >= 0.6 is 11.3 Å². The number of thiazole rings is 1. The zero-order valence-corrected chi connectivity index (χ0v) is 13.3. The molecule has 0 saturated heterocycles. The van der Waals surface area contributed by atoms with Gasteiger partial charge in [0.1, 0.15) is 17.0 Å². The standard InChI is InChI=1S/C18H14N2O2S/c1-21-16-9-5-3-7-13(16)19-18-20-14(11-23-18)17-10-12-6-2-4-8-15(12)22-17/h2-11H,1H3,(H,19,20). The lowest BCUT2D eigenvalue weighted by Crippen LogP contribution is -1.93. The fourth-order valence-corrected chi connectivity index (χ4v) is 3.13. The van der Waals surface area contributed by atoms with Gasteiger partial charge in [-0.15, -0.1) is 11.3 Å². The highest BCUT2D eigenvalue weighted by atomic mass is 32.1. The van der Waals surface area contributed by atoms with Crippen LogP contribution in [0.3, 0.4) is 0 Å². The van der Waals surface area contributed by atoms with Gasteiger partial charge in [-0.05, 0) is 24.3 Å². The van der Waals surface area contributed by atoms with Gasteiger partial charge in [-0.3, -0.25) is 0 Å². The fraction of sp³-hybridized carbons (Fsp3) is 0.0556. The Morgan fingerprint density at radius 1 is 1.09 bits per heavy atom. The van der Waals surface area contributed by atoms with Crippen LogP contribution in [-0.2, 0) is 0 Å². The van der Waals surface area contributed by atoms with Gasteiger partial charge in [-0.25, -0.2) is 4.98 Å². The summed E-state index contributed by atoms with van der Waals surface area (Å²) in [6.45, 7) is 0. The van der Waals surface area contributed by atoms with E-state index >= 15 is 0 Å². The number of nitrogens with zero attached hydrogens (tertiary/aromatic N) is 1. The molecular formula is C18H14N2O2S. The summed E-state index contributed by atoms with van der Waals surface area (Å²) in [6.07, 6.45) is 0. The Kier molecular flexibility index (Phi) is 3.48. The highest BCUT2D eigenvalue weighted by Gasteiger charge is 2.11. The van der Waals surface area contributed by atoms with Gasteiger partial charge >= 0.3 is 0 Å². The molecule has 0 saturated carbocycles. The van der Waals surface area contributed by atoms with Gasteiger partial charge in [0.25, 0.3) is 0 Å². The van der Waals surface area contributed by atoms with Gasteiger partial charge in [-0.2, -0.15) is 0 Å². The lowest BCUT2D eigenvalue weighted by atomic mass is 10.2. The van der Waals surface area contributed by atoms with E-state index in [1.54, 1.807) is 7.11 Å². The summed E-state index contributed by atoms with van der Waals surface area (Å²) in [4.78, 5) is 4.60. The van der Waals surface area contributed by atoms with Gasteiger partial charge in [0.05, 0.1) is 12.8 Å². The summed E-state index contributed by atoms with van der Waals surface area (Å²) < 4.78 is 11.2. The molecule has 23 heavy (non-hydrogen) atoms. The second-order valence-electron chi connectivity index (χ2n) is 5.01. The van der Waals surface area contributed by atoms with Gasteiger partial charge in [0.15, 0.2) is 10.9 Å². The summed E-state index contributed by atoms with van der Waals surface area (Å²) in [6, 6.07) is 17.7. The first-order valence-corrected chi connectivity index (χ1v) is 8.06. The van der Waals surface area contributed by atoms with E-state index in [1.807, 2.05) is 60.0 Å². The molecule has 2 heterocycles. The average Bonchev–Trinajstić information content (AvgIpc) is 3.21. The molecule has 2 aromatic heterocycles. The SMILES string of the molecule is COc1ccccc1Nc1nc(-c2cc3ccccc3o2)cs1. The maximum atomic E-state index is 5.85.